The van der Waals surface area contributed by atoms with E-state index in [0.29, 0.717) is 0 Å². The van der Waals surface area contributed by atoms with Crippen LogP contribution in [0.15, 0.2) is 61.2 Å². The van der Waals surface area contributed by atoms with Gasteiger partial charge in [-0.15, -0.1) is 0 Å². The van der Waals surface area contributed by atoms with E-state index in [4.69, 9.17) is 0 Å². The second-order valence-corrected chi connectivity index (χ2v) is 6.05. The van der Waals surface area contributed by atoms with E-state index in [1.165, 1.54) is 16.8 Å². The highest BCUT2D eigenvalue weighted by atomic mass is 15.3. The average molecular weight is 292 g/mol. The van der Waals surface area contributed by atoms with Crippen LogP contribution in [0, 0.1) is 0 Å². The summed E-state index contributed by atoms with van der Waals surface area (Å²) in [4.78, 5) is 5.03. The lowest BCUT2D eigenvalue weighted by Crippen LogP contribution is -2.46. The maximum Gasteiger partial charge on any atom is 0.0443 e. The molecule has 0 bridgehead atoms. The lowest BCUT2D eigenvalue weighted by molar-refractivity contribution is 0.250. The van der Waals surface area contributed by atoms with E-state index in [-0.39, 0.29) is 0 Å². The van der Waals surface area contributed by atoms with E-state index in [9.17, 15) is 0 Å². The Bertz CT molecular complexity index is 625. The standard InChI is InChI=1S/C20H24N2/c1-17(2)19-10-6-7-11-20(19)22-14-12-21(13-15-22)16-18-8-4-3-5-9-18/h3-11H,1,12-16H2,2H3. The van der Waals surface area contributed by atoms with Crippen LogP contribution in [0.25, 0.3) is 5.57 Å². The van der Waals surface area contributed by atoms with E-state index in [0.717, 1.165) is 38.3 Å². The smallest absolute Gasteiger partial charge is 0.0443 e. The summed E-state index contributed by atoms with van der Waals surface area (Å²) >= 11 is 0. The fraction of sp³-hybridized carbons (Fsp3) is 0.300. The van der Waals surface area contributed by atoms with Crippen LogP contribution in [0.2, 0.25) is 0 Å². The van der Waals surface area contributed by atoms with Gasteiger partial charge in [-0.3, -0.25) is 4.90 Å². The number of benzene rings is 2. The second-order valence-electron chi connectivity index (χ2n) is 6.05. The quantitative estimate of drug-likeness (QED) is 0.839. The Morgan fingerprint density at radius 1 is 0.909 bits per heavy atom. The van der Waals surface area contributed by atoms with Crippen molar-refractivity contribution < 1.29 is 0 Å². The molecule has 0 spiro atoms. The van der Waals surface area contributed by atoms with Gasteiger partial charge in [0.25, 0.3) is 0 Å². The summed E-state index contributed by atoms with van der Waals surface area (Å²) in [7, 11) is 0. The van der Waals surface area contributed by atoms with Gasteiger partial charge in [-0.2, -0.15) is 0 Å². The molecule has 1 saturated heterocycles. The summed E-state index contributed by atoms with van der Waals surface area (Å²) in [6, 6.07) is 19.4. The van der Waals surface area contributed by atoms with Crippen LogP contribution in [-0.2, 0) is 6.54 Å². The Labute approximate surface area is 133 Å². The lowest BCUT2D eigenvalue weighted by Gasteiger charge is -2.37. The number of hydrogen-bond acceptors (Lipinski definition) is 2. The highest BCUT2D eigenvalue weighted by molar-refractivity contribution is 5.74. The maximum atomic E-state index is 4.11. The van der Waals surface area contributed by atoms with E-state index < -0.39 is 0 Å². The highest BCUT2D eigenvalue weighted by Crippen LogP contribution is 2.27. The first-order chi connectivity index (χ1) is 10.7. The van der Waals surface area contributed by atoms with Crippen molar-refractivity contribution in [3.63, 3.8) is 0 Å². The van der Waals surface area contributed by atoms with Gasteiger partial charge in [0, 0.05) is 44.0 Å². The van der Waals surface area contributed by atoms with Crippen molar-refractivity contribution in [2.45, 2.75) is 13.5 Å². The number of hydrogen-bond donors (Lipinski definition) is 0. The van der Waals surface area contributed by atoms with Gasteiger partial charge in [0.15, 0.2) is 0 Å². The summed E-state index contributed by atoms with van der Waals surface area (Å²) in [6.07, 6.45) is 0. The number of rotatable bonds is 4. The summed E-state index contributed by atoms with van der Waals surface area (Å²) in [5, 5.41) is 0. The predicted molar refractivity (Wildman–Crippen MR) is 95.1 cm³/mol. The molecular weight excluding hydrogens is 268 g/mol. The normalized spacial score (nSPS) is 15.8. The first-order valence-electron chi connectivity index (χ1n) is 8.00. The molecule has 0 amide bonds. The molecule has 22 heavy (non-hydrogen) atoms. The van der Waals surface area contributed by atoms with E-state index in [1.807, 2.05) is 0 Å². The van der Waals surface area contributed by atoms with Gasteiger partial charge in [-0.1, -0.05) is 55.1 Å². The first kappa shape index (κ1) is 14.9. The Balaban J connectivity index is 1.64. The lowest BCUT2D eigenvalue weighted by atomic mass is 10.1. The number of allylic oxidation sites excluding steroid dienone is 1. The van der Waals surface area contributed by atoms with Crippen LogP contribution in [0.1, 0.15) is 18.1 Å². The number of nitrogens with zero attached hydrogens (tertiary/aromatic N) is 2. The molecule has 3 rings (SSSR count). The minimum Gasteiger partial charge on any atom is -0.368 e. The fourth-order valence-corrected chi connectivity index (χ4v) is 3.10. The minimum absolute atomic E-state index is 1.05. The number of para-hydroxylation sites is 1. The van der Waals surface area contributed by atoms with E-state index in [1.54, 1.807) is 0 Å². The van der Waals surface area contributed by atoms with Crippen LogP contribution in [0.3, 0.4) is 0 Å². The van der Waals surface area contributed by atoms with Gasteiger partial charge >= 0.3 is 0 Å². The molecule has 0 N–H and O–H groups in total. The molecular formula is C20H24N2. The molecule has 2 aromatic carbocycles. The van der Waals surface area contributed by atoms with Crippen molar-refractivity contribution in [2.75, 3.05) is 31.1 Å². The SMILES string of the molecule is C=C(C)c1ccccc1N1CCN(Cc2ccccc2)CC1. The van der Waals surface area contributed by atoms with Crippen molar-refractivity contribution in [2.24, 2.45) is 0 Å². The molecule has 1 aliphatic rings. The van der Waals surface area contributed by atoms with E-state index in [2.05, 4.69) is 77.9 Å². The van der Waals surface area contributed by atoms with Crippen molar-refractivity contribution in [3.8, 4) is 0 Å². The number of anilines is 1. The molecule has 0 aliphatic carbocycles. The van der Waals surface area contributed by atoms with Gasteiger partial charge in [0.2, 0.25) is 0 Å². The molecule has 0 saturated carbocycles. The van der Waals surface area contributed by atoms with Crippen LogP contribution < -0.4 is 4.90 Å². The molecule has 0 radical (unpaired) electrons. The molecule has 2 heteroatoms. The third kappa shape index (κ3) is 3.40. The van der Waals surface area contributed by atoms with Gasteiger partial charge in [0.1, 0.15) is 0 Å². The molecule has 0 aromatic heterocycles. The summed E-state index contributed by atoms with van der Waals surface area (Å²) in [5.41, 5.74) is 5.15. The third-order valence-electron chi connectivity index (χ3n) is 4.33. The summed E-state index contributed by atoms with van der Waals surface area (Å²) in [6.45, 7) is 11.6. The first-order valence-corrected chi connectivity index (χ1v) is 8.00. The van der Waals surface area contributed by atoms with Crippen LogP contribution in [-0.4, -0.2) is 31.1 Å². The van der Waals surface area contributed by atoms with Crippen LogP contribution >= 0.6 is 0 Å². The Morgan fingerprint density at radius 3 is 2.23 bits per heavy atom. The van der Waals surface area contributed by atoms with Crippen LogP contribution in [0.4, 0.5) is 5.69 Å². The molecule has 2 nitrogen and oxygen atoms in total. The summed E-state index contributed by atoms with van der Waals surface area (Å²) < 4.78 is 0. The monoisotopic (exact) mass is 292 g/mol. The van der Waals surface area contributed by atoms with E-state index >= 15 is 0 Å². The van der Waals surface area contributed by atoms with Gasteiger partial charge in [-0.25, -0.2) is 0 Å². The third-order valence-corrected chi connectivity index (χ3v) is 4.33. The maximum absolute atomic E-state index is 4.11. The molecule has 0 atom stereocenters. The highest BCUT2D eigenvalue weighted by Gasteiger charge is 2.19. The Hall–Kier alpha value is -2.06. The molecule has 1 fully saturated rings. The van der Waals surface area contributed by atoms with Gasteiger partial charge < -0.3 is 4.90 Å². The van der Waals surface area contributed by atoms with Gasteiger partial charge in [-0.05, 0) is 24.1 Å². The van der Waals surface area contributed by atoms with Crippen molar-refractivity contribution in [1.82, 2.24) is 4.90 Å². The largest absolute Gasteiger partial charge is 0.368 e. The van der Waals surface area contributed by atoms with Crippen molar-refractivity contribution >= 4 is 11.3 Å². The number of piperazine rings is 1. The zero-order chi connectivity index (χ0) is 15.4. The van der Waals surface area contributed by atoms with Crippen molar-refractivity contribution in [3.05, 3.63) is 72.3 Å². The zero-order valence-corrected chi connectivity index (χ0v) is 13.3. The topological polar surface area (TPSA) is 6.48 Å². The molecule has 0 unspecified atom stereocenters. The van der Waals surface area contributed by atoms with Crippen LogP contribution in [0.5, 0.6) is 0 Å². The second kappa shape index (κ2) is 6.80. The zero-order valence-electron chi connectivity index (χ0n) is 13.3. The predicted octanol–water partition coefficient (Wildman–Crippen LogP) is 4.04. The summed E-state index contributed by atoms with van der Waals surface area (Å²) in [5.74, 6) is 0. The van der Waals surface area contributed by atoms with Gasteiger partial charge in [0.05, 0.1) is 0 Å². The Kier molecular flexibility index (Phi) is 4.59. The molecule has 1 aliphatic heterocycles. The molecule has 1 heterocycles. The molecule has 114 valence electrons. The Morgan fingerprint density at radius 2 is 1.55 bits per heavy atom. The van der Waals surface area contributed by atoms with Crippen molar-refractivity contribution in [1.29, 1.82) is 0 Å². The molecule has 2 aromatic rings. The minimum atomic E-state index is 1.05. The average Bonchev–Trinajstić information content (AvgIpc) is 2.56. The fourth-order valence-electron chi connectivity index (χ4n) is 3.10.